The van der Waals surface area contributed by atoms with Crippen LogP contribution in [0.1, 0.15) is 23.1 Å². The molecule has 3 aromatic carbocycles. The van der Waals surface area contributed by atoms with Crippen LogP contribution in [0.2, 0.25) is 0 Å². The third-order valence-corrected chi connectivity index (χ3v) is 5.06. The van der Waals surface area contributed by atoms with Crippen molar-refractivity contribution in [3.05, 3.63) is 94.7 Å². The molecule has 0 aliphatic carbocycles. The van der Waals surface area contributed by atoms with E-state index in [9.17, 15) is 4.79 Å². The number of nitrogens with zero attached hydrogens (tertiary/aromatic N) is 3. The Hall–Kier alpha value is -3.25. The van der Waals surface area contributed by atoms with Crippen LogP contribution in [0.4, 0.5) is 5.69 Å². The Morgan fingerprint density at radius 1 is 0.966 bits per heavy atom. The number of anilines is 1. The molecular weight excluding hydrogens is 428 g/mol. The molecule has 0 atom stereocenters. The Morgan fingerprint density at radius 3 is 2.31 bits per heavy atom. The first-order valence-electron chi connectivity index (χ1n) is 9.33. The third-order valence-electron chi connectivity index (χ3n) is 4.53. The minimum Gasteiger partial charge on any atom is -0.319 e. The first-order valence-corrected chi connectivity index (χ1v) is 10.1. The topological polar surface area (TPSA) is 59.8 Å². The second kappa shape index (κ2) is 8.41. The molecule has 0 radical (unpaired) electrons. The number of hydrogen-bond acceptors (Lipinski definition) is 3. The minimum absolute atomic E-state index is 0.117. The van der Waals surface area contributed by atoms with E-state index < -0.39 is 0 Å². The summed E-state index contributed by atoms with van der Waals surface area (Å²) in [6.45, 7) is 2.09. The van der Waals surface area contributed by atoms with Crippen molar-refractivity contribution in [2.24, 2.45) is 0 Å². The van der Waals surface area contributed by atoms with Crippen molar-refractivity contribution in [1.82, 2.24) is 14.8 Å². The molecule has 1 heterocycles. The van der Waals surface area contributed by atoms with E-state index in [1.807, 2.05) is 78.9 Å². The van der Waals surface area contributed by atoms with E-state index in [1.54, 1.807) is 4.68 Å². The van der Waals surface area contributed by atoms with E-state index in [2.05, 4.69) is 38.3 Å². The van der Waals surface area contributed by atoms with Gasteiger partial charge in [0, 0.05) is 15.7 Å². The van der Waals surface area contributed by atoms with Crippen LogP contribution in [0.25, 0.3) is 17.1 Å². The molecule has 5 nitrogen and oxygen atoms in total. The van der Waals surface area contributed by atoms with Crippen molar-refractivity contribution in [3.63, 3.8) is 0 Å². The molecule has 0 aliphatic rings. The summed E-state index contributed by atoms with van der Waals surface area (Å²) in [5, 5.41) is 7.37. The Morgan fingerprint density at radius 2 is 1.66 bits per heavy atom. The van der Waals surface area contributed by atoms with Gasteiger partial charge in [-0.25, -0.2) is 9.67 Å². The van der Waals surface area contributed by atoms with Crippen molar-refractivity contribution in [2.45, 2.75) is 13.3 Å². The van der Waals surface area contributed by atoms with E-state index in [0.29, 0.717) is 11.5 Å². The molecule has 0 saturated heterocycles. The highest BCUT2D eigenvalue weighted by Crippen LogP contribution is 2.23. The number of aromatic nitrogens is 3. The zero-order valence-corrected chi connectivity index (χ0v) is 17.4. The number of nitrogens with one attached hydrogen (secondary N) is 1. The Kier molecular flexibility index (Phi) is 5.53. The molecule has 144 valence electrons. The van der Waals surface area contributed by atoms with Crippen LogP contribution in [0.15, 0.2) is 83.3 Å². The van der Waals surface area contributed by atoms with Gasteiger partial charge < -0.3 is 5.32 Å². The van der Waals surface area contributed by atoms with E-state index in [4.69, 9.17) is 0 Å². The van der Waals surface area contributed by atoms with Gasteiger partial charge in [-0.1, -0.05) is 65.3 Å². The van der Waals surface area contributed by atoms with Gasteiger partial charge in [0.25, 0.3) is 5.91 Å². The maximum Gasteiger partial charge on any atom is 0.295 e. The first kappa shape index (κ1) is 19.1. The number of amides is 1. The number of hydrogen-bond donors (Lipinski definition) is 1. The zero-order valence-electron chi connectivity index (χ0n) is 15.8. The number of carbonyl (C=O) groups excluding carboxylic acids is 1. The van der Waals surface area contributed by atoms with Gasteiger partial charge in [-0.05, 0) is 48.4 Å². The van der Waals surface area contributed by atoms with Crippen LogP contribution in [0.5, 0.6) is 0 Å². The zero-order chi connectivity index (χ0) is 20.2. The standard InChI is InChI=1S/C23H19BrN4O/c1-2-16-8-12-19(13-9-16)25-23(29)21-26-22(17-6-4-3-5-7-17)28(27-21)20-14-10-18(24)11-15-20/h3-15H,2H2,1H3,(H,25,29). The van der Waals surface area contributed by atoms with Crippen LogP contribution >= 0.6 is 15.9 Å². The lowest BCUT2D eigenvalue weighted by Crippen LogP contribution is -2.14. The van der Waals surface area contributed by atoms with Crippen molar-refractivity contribution < 1.29 is 4.79 Å². The molecule has 0 bridgehead atoms. The molecule has 1 amide bonds. The molecule has 0 unspecified atom stereocenters. The molecule has 1 N–H and O–H groups in total. The van der Waals surface area contributed by atoms with Crippen LogP contribution in [0.3, 0.4) is 0 Å². The number of rotatable bonds is 5. The quantitative estimate of drug-likeness (QED) is 0.439. The normalized spacial score (nSPS) is 10.7. The highest BCUT2D eigenvalue weighted by atomic mass is 79.9. The van der Waals surface area contributed by atoms with Crippen molar-refractivity contribution >= 4 is 27.5 Å². The lowest BCUT2D eigenvalue weighted by Gasteiger charge is -2.06. The maximum atomic E-state index is 12.8. The summed E-state index contributed by atoms with van der Waals surface area (Å²) in [6.07, 6.45) is 0.952. The SMILES string of the molecule is CCc1ccc(NC(=O)c2nc(-c3ccccc3)n(-c3ccc(Br)cc3)n2)cc1. The van der Waals surface area contributed by atoms with Crippen molar-refractivity contribution in [1.29, 1.82) is 0 Å². The fourth-order valence-electron chi connectivity index (χ4n) is 2.96. The fourth-order valence-corrected chi connectivity index (χ4v) is 3.22. The van der Waals surface area contributed by atoms with E-state index >= 15 is 0 Å². The van der Waals surface area contributed by atoms with Crippen LogP contribution in [-0.4, -0.2) is 20.7 Å². The second-order valence-corrected chi connectivity index (χ2v) is 7.43. The predicted molar refractivity (Wildman–Crippen MR) is 118 cm³/mol. The Labute approximate surface area is 177 Å². The molecule has 4 aromatic rings. The lowest BCUT2D eigenvalue weighted by molar-refractivity contribution is 0.101. The summed E-state index contributed by atoms with van der Waals surface area (Å²) in [4.78, 5) is 17.3. The average Bonchev–Trinajstić information content (AvgIpc) is 3.21. The van der Waals surface area contributed by atoms with Crippen molar-refractivity contribution in [3.8, 4) is 17.1 Å². The molecule has 6 heteroatoms. The molecular formula is C23H19BrN4O. The smallest absolute Gasteiger partial charge is 0.295 e. The summed E-state index contributed by atoms with van der Waals surface area (Å²) in [5.74, 6) is 0.382. The highest BCUT2D eigenvalue weighted by molar-refractivity contribution is 9.10. The molecule has 0 spiro atoms. The monoisotopic (exact) mass is 446 g/mol. The average molecular weight is 447 g/mol. The summed E-state index contributed by atoms with van der Waals surface area (Å²) < 4.78 is 2.66. The molecule has 1 aromatic heterocycles. The summed E-state index contributed by atoms with van der Waals surface area (Å²) >= 11 is 3.45. The van der Waals surface area contributed by atoms with Crippen LogP contribution in [-0.2, 0) is 6.42 Å². The van der Waals surface area contributed by atoms with E-state index in [0.717, 1.165) is 22.1 Å². The van der Waals surface area contributed by atoms with Gasteiger partial charge in [-0.3, -0.25) is 4.79 Å². The van der Waals surface area contributed by atoms with Gasteiger partial charge >= 0.3 is 0 Å². The van der Waals surface area contributed by atoms with E-state index in [-0.39, 0.29) is 11.7 Å². The molecule has 4 rings (SSSR count). The Bertz CT molecular complexity index is 1120. The summed E-state index contributed by atoms with van der Waals surface area (Å²) in [5.41, 5.74) is 3.64. The number of benzene rings is 3. The van der Waals surface area contributed by atoms with E-state index in [1.165, 1.54) is 5.56 Å². The van der Waals surface area contributed by atoms with Crippen LogP contribution < -0.4 is 5.32 Å². The fraction of sp³-hybridized carbons (Fsp3) is 0.0870. The van der Waals surface area contributed by atoms with Gasteiger partial charge in [-0.15, -0.1) is 5.10 Å². The maximum absolute atomic E-state index is 12.8. The third kappa shape index (κ3) is 4.27. The number of halogens is 1. The predicted octanol–water partition coefficient (Wildman–Crippen LogP) is 5.51. The lowest BCUT2D eigenvalue weighted by atomic mass is 10.1. The van der Waals surface area contributed by atoms with Gasteiger partial charge in [0.1, 0.15) is 0 Å². The molecule has 0 aliphatic heterocycles. The largest absolute Gasteiger partial charge is 0.319 e. The van der Waals surface area contributed by atoms with Crippen LogP contribution in [0, 0.1) is 0 Å². The van der Waals surface area contributed by atoms with Gasteiger partial charge in [0.15, 0.2) is 5.82 Å². The summed E-state index contributed by atoms with van der Waals surface area (Å²) in [6, 6.07) is 25.2. The van der Waals surface area contributed by atoms with Gasteiger partial charge in [0.05, 0.1) is 5.69 Å². The first-order chi connectivity index (χ1) is 14.1. The second-order valence-electron chi connectivity index (χ2n) is 6.52. The minimum atomic E-state index is -0.345. The Balaban J connectivity index is 1.70. The highest BCUT2D eigenvalue weighted by Gasteiger charge is 2.19. The molecule has 29 heavy (non-hydrogen) atoms. The summed E-state index contributed by atoms with van der Waals surface area (Å²) in [7, 11) is 0. The van der Waals surface area contributed by atoms with Gasteiger partial charge in [-0.2, -0.15) is 0 Å². The number of aryl methyl sites for hydroxylation is 1. The van der Waals surface area contributed by atoms with Crippen molar-refractivity contribution in [2.75, 3.05) is 5.32 Å². The molecule has 0 fully saturated rings. The van der Waals surface area contributed by atoms with Gasteiger partial charge in [0.2, 0.25) is 5.82 Å². The number of carbonyl (C=O) groups is 1. The molecule has 0 saturated carbocycles.